The summed E-state index contributed by atoms with van der Waals surface area (Å²) >= 11 is 0. The first-order valence-electron chi connectivity index (χ1n) is 8.50. The lowest BCUT2D eigenvalue weighted by molar-refractivity contribution is -0.132. The maximum absolute atomic E-state index is 12.0. The van der Waals surface area contributed by atoms with Crippen molar-refractivity contribution < 1.29 is 19.0 Å². The van der Waals surface area contributed by atoms with Crippen LogP contribution < -0.4 is 5.32 Å². The van der Waals surface area contributed by atoms with E-state index in [1.54, 1.807) is 6.92 Å². The highest BCUT2D eigenvalue weighted by molar-refractivity contribution is 5.80. The van der Waals surface area contributed by atoms with Crippen LogP contribution in [0.15, 0.2) is 24.3 Å². The topological polar surface area (TPSA) is 56.8 Å². The number of ether oxygens (including phenoxy) is 3. The number of amides is 1. The van der Waals surface area contributed by atoms with Crippen molar-refractivity contribution in [1.82, 2.24) is 5.32 Å². The van der Waals surface area contributed by atoms with Gasteiger partial charge >= 0.3 is 0 Å². The van der Waals surface area contributed by atoms with Crippen molar-refractivity contribution in [3.63, 3.8) is 0 Å². The van der Waals surface area contributed by atoms with Crippen molar-refractivity contribution in [3.8, 4) is 0 Å². The van der Waals surface area contributed by atoms with Gasteiger partial charge in [-0.15, -0.1) is 0 Å². The molecule has 24 heavy (non-hydrogen) atoms. The number of hydrogen-bond donors (Lipinski definition) is 1. The van der Waals surface area contributed by atoms with E-state index in [4.69, 9.17) is 14.2 Å². The fourth-order valence-corrected chi connectivity index (χ4v) is 1.97. The smallest absolute Gasteiger partial charge is 0.249 e. The predicted molar refractivity (Wildman–Crippen MR) is 94.7 cm³/mol. The third-order valence-corrected chi connectivity index (χ3v) is 3.30. The lowest BCUT2D eigenvalue weighted by Gasteiger charge is -2.19. The minimum absolute atomic E-state index is 0.122. The molecular weight excluding hydrogens is 306 g/mol. The van der Waals surface area contributed by atoms with Crippen LogP contribution in [0, 0.1) is 0 Å². The largest absolute Gasteiger partial charge is 0.379 e. The van der Waals surface area contributed by atoms with E-state index in [-0.39, 0.29) is 11.5 Å². The van der Waals surface area contributed by atoms with E-state index >= 15 is 0 Å². The molecule has 0 aromatic heterocycles. The molecule has 1 rings (SSSR count). The SMILES string of the molecule is CCOCCO[C@H](C)C(=O)NCc1cccc(COC(C)(C)C)c1. The van der Waals surface area contributed by atoms with Crippen molar-refractivity contribution in [3.05, 3.63) is 35.4 Å². The molecule has 0 radical (unpaired) electrons. The van der Waals surface area contributed by atoms with Gasteiger partial charge in [-0.25, -0.2) is 0 Å². The van der Waals surface area contributed by atoms with E-state index in [9.17, 15) is 4.79 Å². The van der Waals surface area contributed by atoms with Crippen molar-refractivity contribution in [1.29, 1.82) is 0 Å². The summed E-state index contributed by atoms with van der Waals surface area (Å²) < 4.78 is 16.4. The maximum atomic E-state index is 12.0. The van der Waals surface area contributed by atoms with Crippen LogP contribution >= 0.6 is 0 Å². The molecule has 1 atom stereocenters. The molecule has 136 valence electrons. The average Bonchev–Trinajstić information content (AvgIpc) is 2.54. The molecule has 0 bridgehead atoms. The highest BCUT2D eigenvalue weighted by atomic mass is 16.5. The zero-order chi connectivity index (χ0) is 18.0. The first-order chi connectivity index (χ1) is 11.3. The van der Waals surface area contributed by atoms with Crippen LogP contribution in [0.3, 0.4) is 0 Å². The van der Waals surface area contributed by atoms with E-state index in [1.807, 2.05) is 52.0 Å². The molecule has 0 spiro atoms. The number of nitrogens with one attached hydrogen (secondary N) is 1. The molecule has 0 saturated heterocycles. The fourth-order valence-electron chi connectivity index (χ4n) is 1.97. The standard InChI is InChI=1S/C19H31NO4/c1-6-22-10-11-23-15(2)18(21)20-13-16-8-7-9-17(12-16)14-24-19(3,4)5/h7-9,12,15H,6,10-11,13-14H2,1-5H3,(H,20,21)/t15-/m1/s1. The van der Waals surface area contributed by atoms with Gasteiger partial charge in [0.25, 0.3) is 0 Å². The Hall–Kier alpha value is -1.43. The summed E-state index contributed by atoms with van der Waals surface area (Å²) in [6.45, 7) is 12.4. The Bertz CT molecular complexity index is 496. The molecule has 0 fully saturated rings. The molecular formula is C19H31NO4. The highest BCUT2D eigenvalue weighted by Crippen LogP contribution is 2.13. The second-order valence-electron chi connectivity index (χ2n) is 6.65. The van der Waals surface area contributed by atoms with Crippen LogP contribution in [0.5, 0.6) is 0 Å². The Kier molecular flexibility index (Phi) is 8.97. The quantitative estimate of drug-likeness (QED) is 0.667. The lowest BCUT2D eigenvalue weighted by Crippen LogP contribution is -2.34. The number of benzene rings is 1. The third-order valence-electron chi connectivity index (χ3n) is 3.30. The normalized spacial score (nSPS) is 12.9. The van der Waals surface area contributed by atoms with Gasteiger partial charge < -0.3 is 19.5 Å². The summed E-state index contributed by atoms with van der Waals surface area (Å²) in [6.07, 6.45) is -0.488. The van der Waals surface area contributed by atoms with E-state index in [2.05, 4.69) is 5.32 Å². The minimum atomic E-state index is -0.488. The van der Waals surface area contributed by atoms with Gasteiger partial charge in [-0.05, 0) is 45.7 Å². The van der Waals surface area contributed by atoms with Gasteiger partial charge in [0.1, 0.15) is 6.10 Å². The van der Waals surface area contributed by atoms with Crippen LogP contribution in [0.2, 0.25) is 0 Å². The van der Waals surface area contributed by atoms with Crippen LogP contribution in [0.25, 0.3) is 0 Å². The highest BCUT2D eigenvalue weighted by Gasteiger charge is 2.13. The Morgan fingerprint density at radius 2 is 1.92 bits per heavy atom. The van der Waals surface area contributed by atoms with Gasteiger partial charge in [0.15, 0.2) is 0 Å². The zero-order valence-electron chi connectivity index (χ0n) is 15.6. The molecule has 0 unspecified atom stereocenters. The average molecular weight is 337 g/mol. The molecule has 0 aliphatic carbocycles. The Labute approximate surface area is 145 Å². The van der Waals surface area contributed by atoms with E-state index in [0.717, 1.165) is 11.1 Å². The van der Waals surface area contributed by atoms with Crippen molar-refractivity contribution >= 4 is 5.91 Å². The van der Waals surface area contributed by atoms with Crippen molar-refractivity contribution in [2.45, 2.75) is 59.5 Å². The van der Waals surface area contributed by atoms with Crippen LogP contribution in [-0.2, 0) is 32.2 Å². The molecule has 1 aromatic carbocycles. The molecule has 1 aromatic rings. The summed E-state index contributed by atoms with van der Waals surface area (Å²) in [5, 5.41) is 2.89. The summed E-state index contributed by atoms with van der Waals surface area (Å²) in [5.41, 5.74) is 1.97. The van der Waals surface area contributed by atoms with Crippen LogP contribution in [-0.4, -0.2) is 37.4 Å². The molecule has 0 aliphatic heterocycles. The summed E-state index contributed by atoms with van der Waals surface area (Å²) in [5.74, 6) is -0.122. The van der Waals surface area contributed by atoms with Crippen LogP contribution in [0.1, 0.15) is 45.7 Å². The minimum Gasteiger partial charge on any atom is -0.379 e. The second-order valence-corrected chi connectivity index (χ2v) is 6.65. The predicted octanol–water partition coefficient (Wildman–Crippen LogP) is 3.06. The Morgan fingerprint density at radius 1 is 1.21 bits per heavy atom. The molecule has 5 heteroatoms. The van der Waals surface area contributed by atoms with Gasteiger partial charge in [-0.3, -0.25) is 4.79 Å². The second kappa shape index (κ2) is 10.4. The number of rotatable bonds is 10. The summed E-state index contributed by atoms with van der Waals surface area (Å²) in [7, 11) is 0. The fraction of sp³-hybridized carbons (Fsp3) is 0.632. The first kappa shape index (κ1) is 20.6. The monoisotopic (exact) mass is 337 g/mol. The third kappa shape index (κ3) is 9.01. The first-order valence-corrected chi connectivity index (χ1v) is 8.50. The molecule has 0 heterocycles. The van der Waals surface area contributed by atoms with Crippen molar-refractivity contribution in [2.24, 2.45) is 0 Å². The van der Waals surface area contributed by atoms with E-state index < -0.39 is 6.10 Å². The number of carbonyl (C=O) groups excluding carboxylic acids is 1. The zero-order valence-corrected chi connectivity index (χ0v) is 15.6. The molecule has 1 N–H and O–H groups in total. The number of hydrogen-bond acceptors (Lipinski definition) is 4. The molecule has 5 nitrogen and oxygen atoms in total. The van der Waals surface area contributed by atoms with Gasteiger partial charge in [-0.1, -0.05) is 24.3 Å². The van der Waals surface area contributed by atoms with E-state index in [0.29, 0.717) is 33.0 Å². The number of carbonyl (C=O) groups is 1. The van der Waals surface area contributed by atoms with Crippen molar-refractivity contribution in [2.75, 3.05) is 19.8 Å². The Morgan fingerprint density at radius 3 is 2.58 bits per heavy atom. The molecule has 0 aliphatic rings. The summed E-state index contributed by atoms with van der Waals surface area (Å²) in [4.78, 5) is 12.0. The van der Waals surface area contributed by atoms with Gasteiger partial charge in [0.2, 0.25) is 5.91 Å². The lowest BCUT2D eigenvalue weighted by atomic mass is 10.1. The maximum Gasteiger partial charge on any atom is 0.249 e. The molecule has 1 amide bonds. The van der Waals surface area contributed by atoms with Gasteiger partial charge in [0, 0.05) is 13.2 Å². The summed E-state index contributed by atoms with van der Waals surface area (Å²) in [6, 6.07) is 8.04. The van der Waals surface area contributed by atoms with Gasteiger partial charge in [0.05, 0.1) is 25.4 Å². The molecule has 0 saturated carbocycles. The Balaban J connectivity index is 2.39. The van der Waals surface area contributed by atoms with E-state index in [1.165, 1.54) is 0 Å². The van der Waals surface area contributed by atoms with Gasteiger partial charge in [-0.2, -0.15) is 0 Å². The van der Waals surface area contributed by atoms with Crippen LogP contribution in [0.4, 0.5) is 0 Å².